The lowest BCUT2D eigenvalue weighted by atomic mass is 10.2. The summed E-state index contributed by atoms with van der Waals surface area (Å²) >= 11 is 6.50. The summed E-state index contributed by atoms with van der Waals surface area (Å²) in [4.78, 5) is 16.9. The van der Waals surface area contributed by atoms with Crippen LogP contribution in [0.5, 0.6) is 0 Å². The first-order valence-corrected chi connectivity index (χ1v) is 8.39. The fraction of sp³-hybridized carbons (Fsp3) is 0.222. The number of hydrogen-bond donors (Lipinski definition) is 2. The van der Waals surface area contributed by atoms with Gasteiger partial charge in [-0.05, 0) is 43.7 Å². The van der Waals surface area contributed by atoms with Crippen LogP contribution in [0.1, 0.15) is 23.0 Å². The Hall–Kier alpha value is -0.210. The molecule has 0 aliphatic carbocycles. The van der Waals surface area contributed by atoms with E-state index in [2.05, 4.69) is 10.3 Å². The topological polar surface area (TPSA) is 41.1 Å². The summed E-state index contributed by atoms with van der Waals surface area (Å²) in [5.74, 6) is 0.181. The molecule has 2 N–H and O–H groups in total. The Kier molecular flexibility index (Phi) is 4.15. The van der Waals surface area contributed by atoms with Crippen LogP contribution in [0.15, 0.2) is 17.5 Å². The lowest BCUT2D eigenvalue weighted by molar-refractivity contribution is 0.100. The highest BCUT2D eigenvalue weighted by Crippen LogP contribution is 2.33. The molecule has 1 saturated heterocycles. The van der Waals surface area contributed by atoms with E-state index >= 15 is 0 Å². The summed E-state index contributed by atoms with van der Waals surface area (Å²) in [6, 6.07) is 3.76. The largest absolute Gasteiger partial charge is 0.296 e. The van der Waals surface area contributed by atoms with Crippen LogP contribution in [-0.4, -0.2) is 15.0 Å². The van der Waals surface area contributed by atoms with Crippen LogP contribution in [0.25, 0.3) is 0 Å². The number of carbonyl (C=O) groups excluding carboxylic acids is 1. The van der Waals surface area contributed by atoms with Crippen LogP contribution in [-0.2, 0) is 0 Å². The molecule has 1 fully saturated rings. The molecular formula is C9H10N2OS4. The molecule has 3 nitrogen and oxygen atoms in total. The lowest BCUT2D eigenvalue weighted by Gasteiger charge is -2.03. The third-order valence-electron chi connectivity index (χ3n) is 1.93. The second kappa shape index (κ2) is 5.42. The van der Waals surface area contributed by atoms with Gasteiger partial charge in [-0.25, -0.2) is 0 Å². The van der Waals surface area contributed by atoms with Gasteiger partial charge in [-0.3, -0.25) is 10.2 Å². The minimum atomic E-state index is -0.170. The Bertz CT molecular complexity index is 452. The average molecular weight is 290 g/mol. The fourth-order valence-corrected chi connectivity index (χ4v) is 5.13. The Balaban J connectivity index is 2.05. The van der Waals surface area contributed by atoms with Crippen molar-refractivity contribution in [3.8, 4) is 0 Å². The Morgan fingerprint density at radius 3 is 3.00 bits per heavy atom. The maximum absolute atomic E-state index is 11.9. The monoisotopic (exact) mass is 290 g/mol. The number of thiocarbonyl (C=S) groups is 1. The standard InChI is InChI=1S/C9H10N2OS4/c1-6(16-11-10-9(13)15-16)5-7(12)8-3-2-4-14-8/h2-4,11H,5H2,1H3,(H,10,13). The van der Waals surface area contributed by atoms with Gasteiger partial charge in [-0.1, -0.05) is 18.3 Å². The van der Waals surface area contributed by atoms with Crippen molar-refractivity contribution in [1.29, 1.82) is 0 Å². The van der Waals surface area contributed by atoms with E-state index in [1.807, 2.05) is 24.4 Å². The number of Topliss-reactive ketones (excluding diaryl/α,β-unsaturated/α-hetero) is 1. The van der Waals surface area contributed by atoms with Gasteiger partial charge in [0.15, 0.2) is 10.1 Å². The van der Waals surface area contributed by atoms with Crippen molar-refractivity contribution in [2.24, 2.45) is 0 Å². The average Bonchev–Trinajstić information content (AvgIpc) is 2.87. The summed E-state index contributed by atoms with van der Waals surface area (Å²) in [7, 11) is 1.39. The third-order valence-corrected chi connectivity index (χ3v) is 7.09. The van der Waals surface area contributed by atoms with Crippen molar-refractivity contribution in [3.05, 3.63) is 22.4 Å². The van der Waals surface area contributed by atoms with Gasteiger partial charge in [0.2, 0.25) is 0 Å². The molecule has 1 aliphatic heterocycles. The highest BCUT2D eigenvalue weighted by molar-refractivity contribution is 8.89. The quantitative estimate of drug-likeness (QED) is 0.509. The van der Waals surface area contributed by atoms with E-state index in [4.69, 9.17) is 12.2 Å². The minimum Gasteiger partial charge on any atom is -0.296 e. The van der Waals surface area contributed by atoms with Crippen molar-refractivity contribution in [2.45, 2.75) is 13.3 Å². The molecule has 1 aromatic rings. The van der Waals surface area contributed by atoms with E-state index in [0.29, 0.717) is 6.42 Å². The molecule has 2 rings (SSSR count). The van der Waals surface area contributed by atoms with Crippen molar-refractivity contribution in [3.63, 3.8) is 0 Å². The van der Waals surface area contributed by atoms with Gasteiger partial charge in [-0.2, -0.15) is 4.83 Å². The molecule has 16 heavy (non-hydrogen) atoms. The van der Waals surface area contributed by atoms with E-state index in [0.717, 1.165) is 14.1 Å². The van der Waals surface area contributed by atoms with Crippen LogP contribution in [0, 0.1) is 0 Å². The van der Waals surface area contributed by atoms with E-state index in [1.165, 1.54) is 11.3 Å². The predicted molar refractivity (Wildman–Crippen MR) is 78.0 cm³/mol. The third kappa shape index (κ3) is 2.92. The second-order valence-electron chi connectivity index (χ2n) is 3.15. The van der Waals surface area contributed by atoms with Gasteiger partial charge >= 0.3 is 0 Å². The lowest BCUT2D eigenvalue weighted by Crippen LogP contribution is -2.22. The number of nitrogens with one attached hydrogen (secondary N) is 2. The zero-order chi connectivity index (χ0) is 11.5. The number of carbonyl (C=O) groups is 1. The Morgan fingerprint density at radius 1 is 1.62 bits per heavy atom. The van der Waals surface area contributed by atoms with E-state index in [-0.39, 0.29) is 15.5 Å². The van der Waals surface area contributed by atoms with Crippen LogP contribution in [0.4, 0.5) is 0 Å². The normalized spacial score (nSPS) is 20.7. The van der Waals surface area contributed by atoms with Crippen molar-refractivity contribution >= 4 is 59.0 Å². The number of rotatable bonds is 3. The van der Waals surface area contributed by atoms with Crippen molar-refractivity contribution < 1.29 is 4.79 Å². The molecule has 0 saturated carbocycles. The molecule has 0 radical (unpaired) electrons. The van der Waals surface area contributed by atoms with Crippen LogP contribution < -0.4 is 10.3 Å². The zero-order valence-electron chi connectivity index (χ0n) is 8.48. The Morgan fingerprint density at radius 2 is 2.44 bits per heavy atom. The van der Waals surface area contributed by atoms with Gasteiger partial charge in [0.25, 0.3) is 0 Å². The van der Waals surface area contributed by atoms with Crippen molar-refractivity contribution in [2.75, 3.05) is 0 Å². The first-order valence-electron chi connectivity index (χ1n) is 4.54. The summed E-state index contributed by atoms with van der Waals surface area (Å²) in [6.07, 6.45) is 0.480. The summed E-state index contributed by atoms with van der Waals surface area (Å²) in [5, 5.41) is 1.92. The van der Waals surface area contributed by atoms with Gasteiger partial charge in [0.05, 0.1) is 4.88 Å². The smallest absolute Gasteiger partial charge is 0.177 e. The molecule has 0 amide bonds. The zero-order valence-corrected chi connectivity index (χ0v) is 11.7. The molecule has 0 bridgehead atoms. The van der Waals surface area contributed by atoms with Crippen LogP contribution in [0.3, 0.4) is 0 Å². The molecule has 7 heteroatoms. The number of ketones is 1. The SMILES string of the molecule is CC(CC(=O)c1cccs1)=S1NNC(=S)S1. The van der Waals surface area contributed by atoms with Crippen LogP contribution >= 0.6 is 44.1 Å². The van der Waals surface area contributed by atoms with E-state index < -0.39 is 0 Å². The van der Waals surface area contributed by atoms with Crippen molar-refractivity contribution in [1.82, 2.24) is 10.3 Å². The highest BCUT2D eigenvalue weighted by atomic mass is 33.1. The first kappa shape index (κ1) is 12.3. The molecule has 1 aliphatic rings. The summed E-state index contributed by atoms with van der Waals surface area (Å²) < 4.78 is 0.742. The molecular weight excluding hydrogens is 280 g/mol. The molecule has 1 aromatic heterocycles. The van der Waals surface area contributed by atoms with Gasteiger partial charge in [0.1, 0.15) is 0 Å². The van der Waals surface area contributed by atoms with E-state index in [1.54, 1.807) is 10.8 Å². The van der Waals surface area contributed by atoms with Gasteiger partial charge in [-0.15, -0.1) is 11.3 Å². The maximum Gasteiger partial charge on any atom is 0.177 e. The fourth-order valence-electron chi connectivity index (χ4n) is 1.18. The predicted octanol–water partition coefficient (Wildman–Crippen LogP) is 2.74. The molecule has 86 valence electrons. The summed E-state index contributed by atoms with van der Waals surface area (Å²) in [5.41, 5.74) is 2.89. The maximum atomic E-state index is 11.9. The molecule has 2 heterocycles. The number of hydrogen-bond acceptors (Lipinski definition) is 5. The highest BCUT2D eigenvalue weighted by Gasteiger charge is 2.16. The number of thiophene rings is 1. The van der Waals surface area contributed by atoms with E-state index in [9.17, 15) is 4.79 Å². The second-order valence-corrected chi connectivity index (χ2v) is 8.27. The van der Waals surface area contributed by atoms with Crippen LogP contribution in [0.2, 0.25) is 0 Å². The first-order chi connectivity index (χ1) is 7.66. The molecule has 0 aromatic carbocycles. The van der Waals surface area contributed by atoms with Gasteiger partial charge < -0.3 is 0 Å². The minimum absolute atomic E-state index is 0.170. The molecule has 0 spiro atoms. The summed E-state index contributed by atoms with van der Waals surface area (Å²) in [6.45, 7) is 1.99. The number of hydrazine groups is 1. The van der Waals surface area contributed by atoms with Gasteiger partial charge in [0, 0.05) is 6.42 Å². The molecule has 1 unspecified atom stereocenters. The molecule has 1 atom stereocenters. The Labute approximate surface area is 109 Å².